The number of aromatic carboxylic acids is 1. The number of carboxylic acid groups (broad SMARTS) is 1. The third-order valence-corrected chi connectivity index (χ3v) is 4.33. The number of anilines is 2. The van der Waals surface area contributed by atoms with Gasteiger partial charge in [0, 0.05) is 18.5 Å². The fraction of sp³-hybridized carbons (Fsp3) is 0.211. The second-order valence-corrected chi connectivity index (χ2v) is 5.95. The molecule has 26 heavy (non-hydrogen) atoms. The van der Waals surface area contributed by atoms with Crippen molar-refractivity contribution in [2.45, 2.75) is 0 Å². The lowest BCUT2D eigenvalue weighted by Crippen LogP contribution is -2.47. The Hall–Kier alpha value is -3.03. The van der Waals surface area contributed by atoms with E-state index in [1.807, 2.05) is 35.3 Å². The predicted octanol–water partition coefficient (Wildman–Crippen LogP) is 2.71. The van der Waals surface area contributed by atoms with Crippen LogP contribution in [0.1, 0.15) is 10.4 Å². The Morgan fingerprint density at radius 1 is 1.08 bits per heavy atom. The molecular formula is C19H18N4O3. The van der Waals surface area contributed by atoms with E-state index in [0.717, 1.165) is 18.8 Å². The van der Waals surface area contributed by atoms with Gasteiger partial charge in [0.25, 0.3) is 0 Å². The lowest BCUT2D eigenvalue weighted by Gasteiger charge is -2.38. The maximum Gasteiger partial charge on any atom is 0.335 e. The number of hydrogen-bond acceptors (Lipinski definition) is 6. The number of benzene rings is 2. The van der Waals surface area contributed by atoms with Crippen molar-refractivity contribution >= 4 is 28.4 Å². The molecule has 0 amide bonds. The molecular weight excluding hydrogens is 332 g/mol. The first-order valence-electron chi connectivity index (χ1n) is 8.40. The van der Waals surface area contributed by atoms with E-state index in [4.69, 9.17) is 4.74 Å². The standard InChI is InChI=1S/C19H18N4O3/c24-19(25)14-6-7-17-16(12-14)18(21-13-20-17)23(15-4-2-1-3-5-15)22-8-10-26-11-9-22/h1-7,12-13H,8-11H2,(H,24,25). The summed E-state index contributed by atoms with van der Waals surface area (Å²) in [6.45, 7) is 2.71. The van der Waals surface area contributed by atoms with Crippen molar-refractivity contribution in [3.05, 3.63) is 60.4 Å². The summed E-state index contributed by atoms with van der Waals surface area (Å²) < 4.78 is 5.48. The lowest BCUT2D eigenvalue weighted by atomic mass is 10.1. The van der Waals surface area contributed by atoms with Gasteiger partial charge >= 0.3 is 5.97 Å². The normalized spacial score (nSPS) is 15.1. The molecule has 0 aliphatic carbocycles. The summed E-state index contributed by atoms with van der Waals surface area (Å²) in [6, 6.07) is 14.8. The molecule has 0 unspecified atom stereocenters. The number of ether oxygens (including phenoxy) is 1. The first-order chi connectivity index (χ1) is 12.7. The number of morpholine rings is 1. The average Bonchev–Trinajstić information content (AvgIpc) is 2.69. The van der Waals surface area contributed by atoms with E-state index >= 15 is 0 Å². The van der Waals surface area contributed by atoms with Gasteiger partial charge in [0.05, 0.1) is 30.0 Å². The molecule has 1 aromatic heterocycles. The van der Waals surface area contributed by atoms with Gasteiger partial charge in [-0.3, -0.25) is 5.01 Å². The number of carboxylic acids is 1. The Labute approximate surface area is 150 Å². The van der Waals surface area contributed by atoms with Gasteiger partial charge in [0.15, 0.2) is 5.82 Å². The van der Waals surface area contributed by atoms with Gasteiger partial charge in [0.1, 0.15) is 6.33 Å². The maximum absolute atomic E-state index is 11.4. The van der Waals surface area contributed by atoms with Gasteiger partial charge in [0.2, 0.25) is 0 Å². The minimum Gasteiger partial charge on any atom is -0.478 e. The highest BCUT2D eigenvalue weighted by Gasteiger charge is 2.24. The van der Waals surface area contributed by atoms with Crippen molar-refractivity contribution in [2.24, 2.45) is 0 Å². The van der Waals surface area contributed by atoms with Gasteiger partial charge in [-0.25, -0.2) is 19.8 Å². The fourth-order valence-electron chi connectivity index (χ4n) is 3.09. The Kier molecular flexibility index (Phi) is 4.47. The second-order valence-electron chi connectivity index (χ2n) is 5.95. The largest absolute Gasteiger partial charge is 0.478 e. The van der Waals surface area contributed by atoms with Crippen molar-refractivity contribution in [3.63, 3.8) is 0 Å². The molecule has 3 aromatic rings. The molecule has 0 saturated carbocycles. The molecule has 2 heterocycles. The molecule has 1 aliphatic heterocycles. The van der Waals surface area contributed by atoms with E-state index in [0.29, 0.717) is 29.9 Å². The molecule has 1 N–H and O–H groups in total. The van der Waals surface area contributed by atoms with E-state index in [9.17, 15) is 9.90 Å². The average molecular weight is 350 g/mol. The topological polar surface area (TPSA) is 78.8 Å². The van der Waals surface area contributed by atoms with Crippen LogP contribution in [-0.2, 0) is 4.74 Å². The molecule has 4 rings (SSSR count). The molecule has 0 atom stereocenters. The molecule has 0 radical (unpaired) electrons. The zero-order chi connectivity index (χ0) is 17.9. The summed E-state index contributed by atoms with van der Waals surface area (Å²) in [6.07, 6.45) is 1.51. The second kappa shape index (κ2) is 7.07. The van der Waals surface area contributed by atoms with Crippen LogP contribution in [0.2, 0.25) is 0 Å². The lowest BCUT2D eigenvalue weighted by molar-refractivity contribution is 0.0376. The summed E-state index contributed by atoms with van der Waals surface area (Å²) in [7, 11) is 0. The monoisotopic (exact) mass is 350 g/mol. The molecule has 2 aromatic carbocycles. The van der Waals surface area contributed by atoms with Crippen LogP contribution in [0, 0.1) is 0 Å². The summed E-state index contributed by atoms with van der Waals surface area (Å²) in [5.41, 5.74) is 1.87. The minimum absolute atomic E-state index is 0.212. The van der Waals surface area contributed by atoms with E-state index in [-0.39, 0.29) is 5.56 Å². The van der Waals surface area contributed by atoms with Crippen molar-refractivity contribution in [3.8, 4) is 0 Å². The smallest absolute Gasteiger partial charge is 0.335 e. The van der Waals surface area contributed by atoms with Crippen LogP contribution in [0.4, 0.5) is 11.5 Å². The maximum atomic E-state index is 11.4. The summed E-state index contributed by atoms with van der Waals surface area (Å²) in [5.74, 6) is -0.314. The van der Waals surface area contributed by atoms with Crippen molar-refractivity contribution < 1.29 is 14.6 Å². The number of aromatic nitrogens is 2. The zero-order valence-electron chi connectivity index (χ0n) is 14.1. The van der Waals surface area contributed by atoms with Crippen LogP contribution in [-0.4, -0.2) is 52.4 Å². The quantitative estimate of drug-likeness (QED) is 0.775. The van der Waals surface area contributed by atoms with E-state index < -0.39 is 5.97 Å². The molecule has 0 bridgehead atoms. The Bertz CT molecular complexity index is 926. The van der Waals surface area contributed by atoms with Gasteiger partial charge in [-0.2, -0.15) is 0 Å². The highest BCUT2D eigenvalue weighted by Crippen LogP contribution is 2.32. The van der Waals surface area contributed by atoms with Gasteiger partial charge in [-0.1, -0.05) is 18.2 Å². The number of hydrogen-bond donors (Lipinski definition) is 1. The number of para-hydroxylation sites is 1. The fourth-order valence-corrected chi connectivity index (χ4v) is 3.09. The summed E-state index contributed by atoms with van der Waals surface area (Å²) >= 11 is 0. The molecule has 1 aliphatic rings. The molecule has 1 fully saturated rings. The van der Waals surface area contributed by atoms with Crippen molar-refractivity contribution in [1.82, 2.24) is 15.0 Å². The van der Waals surface area contributed by atoms with E-state index in [2.05, 4.69) is 15.0 Å². The van der Waals surface area contributed by atoms with E-state index in [1.165, 1.54) is 6.33 Å². The van der Waals surface area contributed by atoms with Crippen LogP contribution >= 0.6 is 0 Å². The van der Waals surface area contributed by atoms with Crippen molar-refractivity contribution in [2.75, 3.05) is 31.3 Å². The number of carbonyl (C=O) groups is 1. The highest BCUT2D eigenvalue weighted by molar-refractivity contribution is 5.98. The Balaban J connectivity index is 1.90. The molecule has 0 spiro atoms. The van der Waals surface area contributed by atoms with Crippen LogP contribution in [0.5, 0.6) is 0 Å². The minimum atomic E-state index is -0.973. The molecule has 7 heteroatoms. The van der Waals surface area contributed by atoms with Crippen LogP contribution in [0.25, 0.3) is 10.9 Å². The molecule has 7 nitrogen and oxygen atoms in total. The number of hydrazine groups is 1. The first-order valence-corrected chi connectivity index (χ1v) is 8.40. The third-order valence-electron chi connectivity index (χ3n) is 4.33. The Morgan fingerprint density at radius 3 is 2.58 bits per heavy atom. The third kappa shape index (κ3) is 3.10. The summed E-state index contributed by atoms with van der Waals surface area (Å²) in [4.78, 5) is 20.2. The van der Waals surface area contributed by atoms with Crippen LogP contribution in [0.3, 0.4) is 0 Å². The van der Waals surface area contributed by atoms with Gasteiger partial charge in [-0.05, 0) is 30.3 Å². The molecule has 132 valence electrons. The van der Waals surface area contributed by atoms with Gasteiger partial charge in [-0.15, -0.1) is 0 Å². The van der Waals surface area contributed by atoms with Crippen molar-refractivity contribution in [1.29, 1.82) is 0 Å². The number of fused-ring (bicyclic) bond motifs is 1. The number of nitrogens with zero attached hydrogens (tertiary/aromatic N) is 4. The van der Waals surface area contributed by atoms with Crippen LogP contribution < -0.4 is 5.01 Å². The van der Waals surface area contributed by atoms with Crippen LogP contribution in [0.15, 0.2) is 54.9 Å². The Morgan fingerprint density at radius 2 is 1.85 bits per heavy atom. The first kappa shape index (κ1) is 16.4. The highest BCUT2D eigenvalue weighted by atomic mass is 16.5. The van der Waals surface area contributed by atoms with Gasteiger partial charge < -0.3 is 9.84 Å². The summed E-state index contributed by atoms with van der Waals surface area (Å²) in [5, 5.41) is 14.2. The molecule has 1 saturated heterocycles. The zero-order valence-corrected chi connectivity index (χ0v) is 14.1. The van der Waals surface area contributed by atoms with E-state index in [1.54, 1.807) is 18.2 Å². The SMILES string of the molecule is O=C(O)c1ccc2ncnc(N(c3ccccc3)N3CCOCC3)c2c1. The number of rotatable bonds is 4. The predicted molar refractivity (Wildman–Crippen MR) is 97.5 cm³/mol.